The van der Waals surface area contributed by atoms with Crippen LogP contribution in [-0.2, 0) is 0 Å². The molecular formula is C18H31N3O2. The van der Waals surface area contributed by atoms with E-state index >= 15 is 0 Å². The molecule has 1 atom stereocenters. The molecule has 130 valence electrons. The summed E-state index contributed by atoms with van der Waals surface area (Å²) in [6, 6.07) is 4.02. The average molecular weight is 321 g/mol. The van der Waals surface area contributed by atoms with E-state index in [4.69, 9.17) is 4.42 Å². The van der Waals surface area contributed by atoms with Gasteiger partial charge in [-0.1, -0.05) is 13.8 Å². The van der Waals surface area contributed by atoms with Gasteiger partial charge in [-0.05, 0) is 56.6 Å². The van der Waals surface area contributed by atoms with Crippen molar-refractivity contribution >= 4 is 5.96 Å². The van der Waals surface area contributed by atoms with Crippen LogP contribution < -0.4 is 10.6 Å². The van der Waals surface area contributed by atoms with Gasteiger partial charge in [-0.15, -0.1) is 0 Å². The molecule has 5 heteroatoms. The maximum Gasteiger partial charge on any atom is 0.191 e. The normalized spacial score (nSPS) is 23.8. The highest BCUT2D eigenvalue weighted by molar-refractivity contribution is 5.80. The summed E-state index contributed by atoms with van der Waals surface area (Å²) < 4.78 is 5.21. The second-order valence-electron chi connectivity index (χ2n) is 6.75. The predicted octanol–water partition coefficient (Wildman–Crippen LogP) is 3.08. The fourth-order valence-corrected chi connectivity index (χ4v) is 3.19. The lowest BCUT2D eigenvalue weighted by atomic mass is 9.80. The molecule has 0 spiro atoms. The Morgan fingerprint density at radius 1 is 1.35 bits per heavy atom. The van der Waals surface area contributed by atoms with Gasteiger partial charge in [0.2, 0.25) is 0 Å². The smallest absolute Gasteiger partial charge is 0.191 e. The summed E-state index contributed by atoms with van der Waals surface area (Å²) in [6.07, 6.45) is 5.81. The van der Waals surface area contributed by atoms with Crippen LogP contribution in [0.1, 0.15) is 58.3 Å². The van der Waals surface area contributed by atoms with Gasteiger partial charge >= 0.3 is 0 Å². The van der Waals surface area contributed by atoms with E-state index in [-0.39, 0.29) is 0 Å². The minimum atomic E-state index is -0.697. The van der Waals surface area contributed by atoms with E-state index in [0.29, 0.717) is 18.3 Å². The van der Waals surface area contributed by atoms with Gasteiger partial charge in [-0.2, -0.15) is 0 Å². The summed E-state index contributed by atoms with van der Waals surface area (Å²) in [6.45, 7) is 7.80. The largest absolute Gasteiger partial charge is 0.467 e. The highest BCUT2D eigenvalue weighted by Gasteiger charge is 2.23. The number of hydrogen-bond acceptors (Lipinski definition) is 3. The summed E-state index contributed by atoms with van der Waals surface area (Å²) in [4.78, 5) is 4.50. The first kappa shape index (κ1) is 17.9. The van der Waals surface area contributed by atoms with Crippen LogP contribution in [0.25, 0.3) is 0 Å². The molecule has 1 saturated carbocycles. The third-order valence-corrected chi connectivity index (χ3v) is 4.69. The van der Waals surface area contributed by atoms with E-state index in [1.165, 1.54) is 25.7 Å². The Kier molecular flexibility index (Phi) is 6.96. The Bertz CT molecular complexity index is 463. The molecule has 2 rings (SSSR count). The molecule has 1 aliphatic rings. The van der Waals surface area contributed by atoms with E-state index in [1.807, 2.05) is 0 Å². The van der Waals surface area contributed by atoms with Crippen molar-refractivity contribution in [2.75, 3.05) is 13.1 Å². The molecule has 0 bridgehead atoms. The number of guanidine groups is 1. The number of aliphatic hydroxyl groups is 1. The number of nitrogens with one attached hydrogen (secondary N) is 2. The van der Waals surface area contributed by atoms with Gasteiger partial charge in [0.1, 0.15) is 11.9 Å². The topological polar surface area (TPSA) is 69.8 Å². The van der Waals surface area contributed by atoms with E-state index < -0.39 is 6.10 Å². The summed E-state index contributed by atoms with van der Waals surface area (Å²) in [5, 5.41) is 16.8. The zero-order chi connectivity index (χ0) is 16.7. The number of furan rings is 1. The lowest BCUT2D eigenvalue weighted by molar-refractivity contribution is 0.158. The first-order valence-corrected chi connectivity index (χ1v) is 8.86. The number of aliphatic imine (C=N–C) groups is 1. The molecule has 1 aliphatic carbocycles. The number of nitrogens with zero attached hydrogens (tertiary/aromatic N) is 1. The molecule has 1 fully saturated rings. The van der Waals surface area contributed by atoms with E-state index in [2.05, 4.69) is 36.4 Å². The van der Waals surface area contributed by atoms with E-state index in [1.54, 1.807) is 18.4 Å². The Morgan fingerprint density at radius 2 is 2.09 bits per heavy atom. The van der Waals surface area contributed by atoms with E-state index in [9.17, 15) is 5.11 Å². The van der Waals surface area contributed by atoms with Crippen LogP contribution in [0.4, 0.5) is 0 Å². The summed E-state index contributed by atoms with van der Waals surface area (Å²) in [5.41, 5.74) is 0. The first-order chi connectivity index (χ1) is 11.1. The lowest BCUT2D eigenvalue weighted by Crippen LogP contribution is -2.45. The maximum atomic E-state index is 10.1. The third-order valence-electron chi connectivity index (χ3n) is 4.69. The van der Waals surface area contributed by atoms with Crippen molar-refractivity contribution in [3.63, 3.8) is 0 Å². The van der Waals surface area contributed by atoms with Gasteiger partial charge in [-0.3, -0.25) is 4.99 Å². The number of hydrogen-bond donors (Lipinski definition) is 3. The molecule has 3 N–H and O–H groups in total. The van der Waals surface area contributed by atoms with Crippen LogP contribution in [0, 0.1) is 11.8 Å². The fraction of sp³-hybridized carbons (Fsp3) is 0.722. The monoisotopic (exact) mass is 321 g/mol. The Balaban J connectivity index is 1.85. The van der Waals surface area contributed by atoms with Crippen molar-refractivity contribution in [1.82, 2.24) is 10.6 Å². The zero-order valence-electron chi connectivity index (χ0n) is 14.6. The molecular weight excluding hydrogens is 290 g/mol. The van der Waals surface area contributed by atoms with Gasteiger partial charge in [-0.25, -0.2) is 0 Å². The van der Waals surface area contributed by atoms with Crippen LogP contribution in [-0.4, -0.2) is 30.2 Å². The number of rotatable bonds is 6. The zero-order valence-corrected chi connectivity index (χ0v) is 14.6. The average Bonchev–Trinajstić information content (AvgIpc) is 3.07. The molecule has 1 heterocycles. The molecule has 23 heavy (non-hydrogen) atoms. The Hall–Kier alpha value is -1.49. The van der Waals surface area contributed by atoms with Gasteiger partial charge < -0.3 is 20.2 Å². The summed E-state index contributed by atoms with van der Waals surface area (Å²) in [7, 11) is 0. The van der Waals surface area contributed by atoms with Gasteiger partial charge in [0.05, 0.1) is 12.8 Å². The van der Waals surface area contributed by atoms with Crippen LogP contribution in [0.3, 0.4) is 0 Å². The molecule has 0 radical (unpaired) electrons. The van der Waals surface area contributed by atoms with Crippen LogP contribution >= 0.6 is 0 Å². The van der Waals surface area contributed by atoms with Crippen molar-refractivity contribution in [2.24, 2.45) is 16.8 Å². The standard InChI is InChI=1S/C18H31N3O2/c1-4-19-18(20-12-16(22)17-6-5-11-23-17)21-15-9-7-14(8-10-15)13(2)3/h5-6,11,13-16,22H,4,7-10,12H2,1-3H3,(H2,19,20,21). The molecule has 1 aromatic heterocycles. The second kappa shape index (κ2) is 8.96. The van der Waals surface area contributed by atoms with Crippen LogP contribution in [0.2, 0.25) is 0 Å². The summed E-state index contributed by atoms with van der Waals surface area (Å²) >= 11 is 0. The number of aliphatic hydroxyl groups excluding tert-OH is 1. The summed E-state index contributed by atoms with van der Waals surface area (Å²) in [5.74, 6) is 2.97. The van der Waals surface area contributed by atoms with Crippen molar-refractivity contribution in [2.45, 2.75) is 58.6 Å². The fourth-order valence-electron chi connectivity index (χ4n) is 3.19. The third kappa shape index (κ3) is 5.57. The van der Waals surface area contributed by atoms with Crippen LogP contribution in [0.15, 0.2) is 27.8 Å². The second-order valence-corrected chi connectivity index (χ2v) is 6.75. The van der Waals surface area contributed by atoms with Crippen molar-refractivity contribution < 1.29 is 9.52 Å². The van der Waals surface area contributed by atoms with Gasteiger partial charge in [0, 0.05) is 12.6 Å². The van der Waals surface area contributed by atoms with Crippen molar-refractivity contribution in [3.05, 3.63) is 24.2 Å². The molecule has 0 saturated heterocycles. The van der Waals surface area contributed by atoms with E-state index in [0.717, 1.165) is 24.3 Å². The minimum Gasteiger partial charge on any atom is -0.467 e. The molecule has 1 unspecified atom stereocenters. The molecule has 1 aromatic rings. The van der Waals surface area contributed by atoms with Crippen molar-refractivity contribution in [1.29, 1.82) is 0 Å². The van der Waals surface area contributed by atoms with Crippen LogP contribution in [0.5, 0.6) is 0 Å². The molecule has 0 aromatic carbocycles. The lowest BCUT2D eigenvalue weighted by Gasteiger charge is -2.32. The van der Waals surface area contributed by atoms with Gasteiger partial charge in [0.15, 0.2) is 5.96 Å². The molecule has 0 amide bonds. The maximum absolute atomic E-state index is 10.1. The highest BCUT2D eigenvalue weighted by atomic mass is 16.4. The molecule has 0 aliphatic heterocycles. The SMILES string of the molecule is CCNC(=NCC(O)c1ccco1)NC1CCC(C(C)C)CC1. The molecule has 5 nitrogen and oxygen atoms in total. The highest BCUT2D eigenvalue weighted by Crippen LogP contribution is 2.29. The van der Waals surface area contributed by atoms with Gasteiger partial charge in [0.25, 0.3) is 0 Å². The predicted molar refractivity (Wildman–Crippen MR) is 93.4 cm³/mol. The first-order valence-electron chi connectivity index (χ1n) is 8.86. The Morgan fingerprint density at radius 3 is 2.65 bits per heavy atom. The minimum absolute atomic E-state index is 0.296. The van der Waals surface area contributed by atoms with Crippen molar-refractivity contribution in [3.8, 4) is 0 Å². The quantitative estimate of drug-likeness (QED) is 0.556. The Labute approximate surface area is 139 Å².